The van der Waals surface area contributed by atoms with Gasteiger partial charge in [-0.15, -0.1) is 0 Å². The summed E-state index contributed by atoms with van der Waals surface area (Å²) in [5.41, 5.74) is 0.858. The predicted octanol–water partition coefficient (Wildman–Crippen LogP) is 1.29. The maximum atomic E-state index is 11.6. The smallest absolute Gasteiger partial charge is 0.248 e. The zero-order valence-electron chi connectivity index (χ0n) is 9.15. The summed E-state index contributed by atoms with van der Waals surface area (Å²) in [6.07, 6.45) is 4.99. The van der Waals surface area contributed by atoms with Crippen molar-refractivity contribution in [3.63, 3.8) is 0 Å². The van der Waals surface area contributed by atoms with Gasteiger partial charge in [0.1, 0.15) is 0 Å². The number of amides is 1. The van der Waals surface area contributed by atoms with E-state index in [1.54, 1.807) is 0 Å². The molecule has 0 aromatic rings. The maximum Gasteiger partial charge on any atom is 0.248 e. The molecule has 2 unspecified atom stereocenters. The predicted molar refractivity (Wildman–Crippen MR) is 57.5 cm³/mol. The Hall–Kier alpha value is -0.900. The van der Waals surface area contributed by atoms with Crippen LogP contribution in [0.4, 0.5) is 0 Å². The number of rotatable bonds is 1. The van der Waals surface area contributed by atoms with Gasteiger partial charge in [0, 0.05) is 5.71 Å². The van der Waals surface area contributed by atoms with Crippen LogP contribution in [-0.2, 0) is 4.79 Å². The molecule has 0 aromatic carbocycles. The van der Waals surface area contributed by atoms with Gasteiger partial charge in [-0.05, 0) is 19.8 Å². The molecule has 15 heavy (non-hydrogen) atoms. The standard InChI is InChI=1S/C11H18N2O2/c1-8-7-11(15)13(12-8)9-5-3-2-4-6-10(9)14/h9-10,14H,2-7H2,1H3. The van der Waals surface area contributed by atoms with E-state index >= 15 is 0 Å². The van der Waals surface area contributed by atoms with E-state index in [1.807, 2.05) is 6.92 Å². The Morgan fingerprint density at radius 2 is 2.07 bits per heavy atom. The van der Waals surface area contributed by atoms with Crippen molar-refractivity contribution in [2.45, 2.75) is 57.6 Å². The monoisotopic (exact) mass is 210 g/mol. The van der Waals surface area contributed by atoms with Crippen LogP contribution in [0.3, 0.4) is 0 Å². The molecule has 0 spiro atoms. The zero-order chi connectivity index (χ0) is 10.8. The first-order valence-corrected chi connectivity index (χ1v) is 5.72. The normalized spacial score (nSPS) is 32.8. The topological polar surface area (TPSA) is 52.9 Å². The second-order valence-electron chi connectivity index (χ2n) is 4.52. The van der Waals surface area contributed by atoms with E-state index in [4.69, 9.17) is 0 Å². The summed E-state index contributed by atoms with van der Waals surface area (Å²) >= 11 is 0. The average Bonchev–Trinajstić information content (AvgIpc) is 2.39. The Bertz CT molecular complexity index is 288. The fourth-order valence-corrected chi connectivity index (χ4v) is 2.39. The van der Waals surface area contributed by atoms with Gasteiger partial charge in [0.15, 0.2) is 0 Å². The van der Waals surface area contributed by atoms with Crippen molar-refractivity contribution in [1.82, 2.24) is 5.01 Å². The number of hydrogen-bond donors (Lipinski definition) is 1. The van der Waals surface area contributed by atoms with Crippen molar-refractivity contribution in [2.75, 3.05) is 0 Å². The van der Waals surface area contributed by atoms with Crippen molar-refractivity contribution >= 4 is 11.6 Å². The largest absolute Gasteiger partial charge is 0.391 e. The third kappa shape index (κ3) is 2.20. The Morgan fingerprint density at radius 1 is 1.33 bits per heavy atom. The SMILES string of the molecule is CC1=NN(C2CCCCCC2O)C(=O)C1. The van der Waals surface area contributed by atoms with Crippen molar-refractivity contribution < 1.29 is 9.90 Å². The van der Waals surface area contributed by atoms with E-state index < -0.39 is 6.10 Å². The minimum atomic E-state index is -0.397. The highest BCUT2D eigenvalue weighted by atomic mass is 16.3. The van der Waals surface area contributed by atoms with Gasteiger partial charge < -0.3 is 5.11 Å². The summed E-state index contributed by atoms with van der Waals surface area (Å²) < 4.78 is 0. The van der Waals surface area contributed by atoms with Crippen LogP contribution in [-0.4, -0.2) is 33.9 Å². The van der Waals surface area contributed by atoms with Crippen LogP contribution in [0.15, 0.2) is 5.10 Å². The summed E-state index contributed by atoms with van der Waals surface area (Å²) in [6, 6.07) is -0.0857. The number of aliphatic hydroxyl groups is 1. The number of hydrogen-bond acceptors (Lipinski definition) is 3. The molecule has 4 nitrogen and oxygen atoms in total. The summed E-state index contributed by atoms with van der Waals surface area (Å²) in [5, 5.41) is 15.7. The zero-order valence-corrected chi connectivity index (χ0v) is 9.15. The van der Waals surface area contributed by atoms with Crippen LogP contribution < -0.4 is 0 Å². The van der Waals surface area contributed by atoms with Gasteiger partial charge >= 0.3 is 0 Å². The Labute approximate surface area is 90.0 Å². The van der Waals surface area contributed by atoms with Crippen molar-refractivity contribution in [1.29, 1.82) is 0 Å². The van der Waals surface area contributed by atoms with Gasteiger partial charge in [-0.3, -0.25) is 4.79 Å². The van der Waals surface area contributed by atoms with Crippen LogP contribution in [0, 0.1) is 0 Å². The van der Waals surface area contributed by atoms with E-state index in [9.17, 15) is 9.90 Å². The number of aliphatic hydroxyl groups excluding tert-OH is 1. The molecule has 2 aliphatic rings. The first-order valence-electron chi connectivity index (χ1n) is 5.72. The van der Waals surface area contributed by atoms with Gasteiger partial charge in [0.05, 0.1) is 18.6 Å². The Balaban J connectivity index is 2.10. The lowest BCUT2D eigenvalue weighted by molar-refractivity contribution is -0.133. The average molecular weight is 210 g/mol. The van der Waals surface area contributed by atoms with E-state index in [-0.39, 0.29) is 11.9 Å². The van der Waals surface area contributed by atoms with Gasteiger partial charge in [-0.25, -0.2) is 5.01 Å². The highest BCUT2D eigenvalue weighted by Crippen LogP contribution is 2.25. The van der Waals surface area contributed by atoms with Gasteiger partial charge in [-0.2, -0.15) is 5.10 Å². The highest BCUT2D eigenvalue weighted by Gasteiger charge is 2.33. The van der Waals surface area contributed by atoms with Crippen LogP contribution in [0.5, 0.6) is 0 Å². The number of nitrogens with zero attached hydrogens (tertiary/aromatic N) is 2. The Kier molecular flexibility index (Phi) is 3.05. The summed E-state index contributed by atoms with van der Waals surface area (Å²) in [5.74, 6) is 0.0402. The van der Waals surface area contributed by atoms with Gasteiger partial charge in [0.25, 0.3) is 0 Å². The van der Waals surface area contributed by atoms with Crippen molar-refractivity contribution in [3.05, 3.63) is 0 Å². The lowest BCUT2D eigenvalue weighted by Gasteiger charge is -2.27. The molecule has 1 fully saturated rings. The van der Waals surface area contributed by atoms with E-state index in [0.29, 0.717) is 6.42 Å². The molecule has 1 amide bonds. The molecule has 1 aliphatic heterocycles. The molecule has 0 radical (unpaired) electrons. The molecule has 1 N–H and O–H groups in total. The van der Waals surface area contributed by atoms with Crippen LogP contribution >= 0.6 is 0 Å². The summed E-state index contributed by atoms with van der Waals surface area (Å²) in [7, 11) is 0. The van der Waals surface area contributed by atoms with Crippen molar-refractivity contribution in [3.8, 4) is 0 Å². The third-order valence-corrected chi connectivity index (χ3v) is 3.20. The molecule has 2 atom stereocenters. The molecule has 1 aliphatic carbocycles. The Morgan fingerprint density at radius 3 is 2.73 bits per heavy atom. The molecule has 2 rings (SSSR count). The van der Waals surface area contributed by atoms with E-state index in [0.717, 1.165) is 37.8 Å². The number of carbonyl (C=O) groups is 1. The molecule has 0 aromatic heterocycles. The minimum absolute atomic E-state index is 0.0402. The first kappa shape index (κ1) is 10.6. The lowest BCUT2D eigenvalue weighted by Crippen LogP contribution is -2.41. The summed E-state index contributed by atoms with van der Waals surface area (Å²) in [4.78, 5) is 11.6. The highest BCUT2D eigenvalue weighted by molar-refractivity contribution is 6.03. The second-order valence-corrected chi connectivity index (χ2v) is 4.52. The first-order chi connectivity index (χ1) is 7.18. The minimum Gasteiger partial charge on any atom is -0.391 e. The van der Waals surface area contributed by atoms with Gasteiger partial charge in [-0.1, -0.05) is 19.3 Å². The molecule has 1 saturated carbocycles. The molecular formula is C11H18N2O2. The van der Waals surface area contributed by atoms with Crippen LogP contribution in [0.2, 0.25) is 0 Å². The fraction of sp³-hybridized carbons (Fsp3) is 0.818. The number of carbonyl (C=O) groups excluding carboxylic acids is 1. The molecule has 0 saturated heterocycles. The second kappa shape index (κ2) is 4.31. The maximum absolute atomic E-state index is 11.6. The van der Waals surface area contributed by atoms with Crippen LogP contribution in [0.25, 0.3) is 0 Å². The molecule has 4 heteroatoms. The quantitative estimate of drug-likeness (QED) is 0.663. The fourth-order valence-electron chi connectivity index (χ4n) is 2.39. The van der Waals surface area contributed by atoms with E-state index in [1.165, 1.54) is 5.01 Å². The molecule has 0 bridgehead atoms. The molecule has 1 heterocycles. The van der Waals surface area contributed by atoms with E-state index in [2.05, 4.69) is 5.10 Å². The number of hydrazone groups is 1. The third-order valence-electron chi connectivity index (χ3n) is 3.20. The molecular weight excluding hydrogens is 192 g/mol. The lowest BCUT2D eigenvalue weighted by atomic mass is 10.1. The van der Waals surface area contributed by atoms with Crippen LogP contribution in [0.1, 0.15) is 45.4 Å². The molecule has 84 valence electrons. The summed E-state index contributed by atoms with van der Waals surface area (Å²) in [6.45, 7) is 1.86. The van der Waals surface area contributed by atoms with Crippen molar-refractivity contribution in [2.24, 2.45) is 5.10 Å². The van der Waals surface area contributed by atoms with Gasteiger partial charge in [0.2, 0.25) is 5.91 Å².